The van der Waals surface area contributed by atoms with Crippen molar-refractivity contribution in [1.82, 2.24) is 9.97 Å². The first-order valence-electron chi connectivity index (χ1n) is 8.55. The van der Waals surface area contributed by atoms with Gasteiger partial charge >= 0.3 is 0 Å². The van der Waals surface area contributed by atoms with Crippen LogP contribution in [-0.2, 0) is 10.8 Å². The second kappa shape index (κ2) is 7.20. The fourth-order valence-corrected chi connectivity index (χ4v) is 2.29. The van der Waals surface area contributed by atoms with Gasteiger partial charge in [-0.1, -0.05) is 41.5 Å². The summed E-state index contributed by atoms with van der Waals surface area (Å²) in [6, 6.07) is 8.38. The third-order valence-electron chi connectivity index (χ3n) is 3.85. The molecule has 0 fully saturated rings. The lowest BCUT2D eigenvalue weighted by molar-refractivity contribution is 0.572. The van der Waals surface area contributed by atoms with E-state index in [4.69, 9.17) is 0 Å². The first-order chi connectivity index (χ1) is 11.2. The summed E-state index contributed by atoms with van der Waals surface area (Å²) in [7, 11) is 0. The first kappa shape index (κ1) is 18.2. The quantitative estimate of drug-likeness (QED) is 0.601. The fourth-order valence-electron chi connectivity index (χ4n) is 2.29. The summed E-state index contributed by atoms with van der Waals surface area (Å²) in [6.45, 7) is 14.5. The minimum absolute atomic E-state index is 0.137. The summed E-state index contributed by atoms with van der Waals surface area (Å²) in [5, 5.41) is 0. The van der Waals surface area contributed by atoms with Crippen LogP contribution in [0.2, 0.25) is 0 Å². The van der Waals surface area contributed by atoms with E-state index in [1.165, 1.54) is 11.4 Å². The van der Waals surface area contributed by atoms with Gasteiger partial charge in [0.2, 0.25) is 0 Å². The molecule has 130 valence electrons. The molecule has 24 heavy (non-hydrogen) atoms. The Morgan fingerprint density at radius 1 is 0.708 bits per heavy atom. The van der Waals surface area contributed by atoms with Crippen LogP contribution in [-0.4, -0.2) is 35.5 Å². The zero-order valence-electron chi connectivity index (χ0n) is 15.8. The van der Waals surface area contributed by atoms with Crippen molar-refractivity contribution in [2.75, 3.05) is 13.1 Å². The van der Waals surface area contributed by atoms with Crippen molar-refractivity contribution in [2.24, 2.45) is 9.98 Å². The number of hydrogen-bond acceptors (Lipinski definition) is 2. The van der Waals surface area contributed by atoms with Gasteiger partial charge in [-0.15, -0.1) is 0 Å². The maximum Gasteiger partial charge on any atom is 0.0586 e. The predicted octanol–water partition coefficient (Wildman–Crippen LogP) is 4.48. The van der Waals surface area contributed by atoms with Crippen LogP contribution in [0.25, 0.3) is 0 Å². The van der Waals surface area contributed by atoms with Crippen LogP contribution in [0.15, 0.2) is 34.3 Å². The van der Waals surface area contributed by atoms with E-state index in [2.05, 4.69) is 85.8 Å². The first-order valence-corrected chi connectivity index (χ1v) is 8.55. The van der Waals surface area contributed by atoms with Crippen LogP contribution < -0.4 is 0 Å². The van der Waals surface area contributed by atoms with Crippen molar-refractivity contribution in [2.45, 2.75) is 52.4 Å². The van der Waals surface area contributed by atoms with Crippen LogP contribution in [0.5, 0.6) is 0 Å². The lowest BCUT2D eigenvalue weighted by Crippen LogP contribution is -2.11. The Balaban J connectivity index is 1.80. The van der Waals surface area contributed by atoms with Crippen molar-refractivity contribution in [3.05, 3.63) is 47.0 Å². The molecule has 0 aliphatic carbocycles. The van der Waals surface area contributed by atoms with Gasteiger partial charge in [0.15, 0.2) is 0 Å². The summed E-state index contributed by atoms with van der Waals surface area (Å²) in [6.07, 6.45) is 3.77. The van der Waals surface area contributed by atoms with Gasteiger partial charge in [-0.05, 0) is 24.3 Å². The van der Waals surface area contributed by atoms with Crippen LogP contribution >= 0.6 is 0 Å². The van der Waals surface area contributed by atoms with Gasteiger partial charge in [-0.25, -0.2) is 0 Å². The second-order valence-corrected chi connectivity index (χ2v) is 8.23. The SMILES string of the molecule is CC(C)(C)c1ccc(C=NCCN=Cc2ccc(C(C)(C)C)[nH]2)[nH]1. The van der Waals surface area contributed by atoms with Crippen LogP contribution in [0.3, 0.4) is 0 Å². The van der Waals surface area contributed by atoms with Crippen LogP contribution in [0, 0.1) is 0 Å². The van der Waals surface area contributed by atoms with Gasteiger partial charge in [-0.2, -0.15) is 0 Å². The molecule has 0 spiro atoms. The molecule has 0 aliphatic rings. The highest BCUT2D eigenvalue weighted by Crippen LogP contribution is 2.21. The van der Waals surface area contributed by atoms with Gasteiger partial charge in [0.25, 0.3) is 0 Å². The number of nitrogens with zero attached hydrogens (tertiary/aromatic N) is 2. The number of rotatable bonds is 5. The van der Waals surface area contributed by atoms with E-state index in [1.54, 1.807) is 0 Å². The van der Waals surface area contributed by atoms with Gasteiger partial charge < -0.3 is 9.97 Å². The van der Waals surface area contributed by atoms with E-state index < -0.39 is 0 Å². The molecular weight excluding hydrogens is 296 g/mol. The molecule has 0 saturated carbocycles. The monoisotopic (exact) mass is 326 g/mol. The fraction of sp³-hybridized carbons (Fsp3) is 0.500. The van der Waals surface area contributed by atoms with E-state index in [9.17, 15) is 0 Å². The molecule has 2 aromatic rings. The molecule has 0 aliphatic heterocycles. The Labute approximate surface area is 145 Å². The number of aromatic amines is 2. The third-order valence-corrected chi connectivity index (χ3v) is 3.85. The van der Waals surface area contributed by atoms with Gasteiger partial charge in [0.05, 0.1) is 24.5 Å². The molecule has 4 nitrogen and oxygen atoms in total. The maximum absolute atomic E-state index is 4.43. The van der Waals surface area contributed by atoms with Crippen molar-refractivity contribution in [3.63, 3.8) is 0 Å². The Morgan fingerprint density at radius 3 is 1.38 bits per heavy atom. The van der Waals surface area contributed by atoms with Crippen molar-refractivity contribution in [3.8, 4) is 0 Å². The Kier molecular flexibility index (Phi) is 5.47. The Hall–Kier alpha value is -2.10. The number of aliphatic imine (C=N–C) groups is 2. The molecule has 0 saturated heterocycles. The molecule has 0 aromatic carbocycles. The van der Waals surface area contributed by atoms with Crippen LogP contribution in [0.4, 0.5) is 0 Å². The molecule has 0 radical (unpaired) electrons. The lowest BCUT2D eigenvalue weighted by Gasteiger charge is -2.15. The summed E-state index contributed by atoms with van der Waals surface area (Å²) < 4.78 is 0. The average Bonchev–Trinajstić information content (AvgIpc) is 3.10. The highest BCUT2D eigenvalue weighted by Gasteiger charge is 2.15. The topological polar surface area (TPSA) is 56.3 Å². The number of H-pyrrole nitrogens is 2. The van der Waals surface area contributed by atoms with Crippen molar-refractivity contribution in [1.29, 1.82) is 0 Å². The molecule has 2 N–H and O–H groups in total. The highest BCUT2D eigenvalue weighted by atomic mass is 14.8. The molecule has 4 heteroatoms. The zero-order chi connectivity index (χ0) is 17.8. The van der Waals surface area contributed by atoms with E-state index in [0.717, 1.165) is 11.4 Å². The van der Waals surface area contributed by atoms with Gasteiger partial charge in [-0.3, -0.25) is 9.98 Å². The minimum atomic E-state index is 0.137. The van der Waals surface area contributed by atoms with Crippen molar-refractivity contribution < 1.29 is 0 Å². The lowest BCUT2D eigenvalue weighted by atomic mass is 9.93. The molecule has 0 atom stereocenters. The molecular formula is C20H30N4. The van der Waals surface area contributed by atoms with Gasteiger partial charge in [0.1, 0.15) is 0 Å². The third kappa shape index (κ3) is 5.22. The summed E-state index contributed by atoms with van der Waals surface area (Å²) in [5.41, 5.74) is 4.81. The largest absolute Gasteiger partial charge is 0.357 e. The average molecular weight is 326 g/mol. The Morgan fingerprint density at radius 2 is 1.08 bits per heavy atom. The van der Waals surface area contributed by atoms with E-state index in [0.29, 0.717) is 13.1 Å². The van der Waals surface area contributed by atoms with E-state index in [-0.39, 0.29) is 10.8 Å². The standard InChI is InChI=1S/C20H30N4/c1-19(2,3)17-9-7-15(23-17)13-21-11-12-22-14-16-8-10-18(24-16)20(4,5)6/h7-10,13-14,23-24H,11-12H2,1-6H3. The number of nitrogens with one attached hydrogen (secondary N) is 2. The van der Waals surface area contributed by atoms with Crippen LogP contribution in [0.1, 0.15) is 64.3 Å². The summed E-state index contributed by atoms with van der Waals surface area (Å²) in [4.78, 5) is 15.7. The molecule has 0 bridgehead atoms. The molecule has 0 amide bonds. The molecule has 0 unspecified atom stereocenters. The summed E-state index contributed by atoms with van der Waals surface area (Å²) >= 11 is 0. The molecule has 2 aromatic heterocycles. The van der Waals surface area contributed by atoms with E-state index >= 15 is 0 Å². The Bertz CT molecular complexity index is 640. The minimum Gasteiger partial charge on any atom is -0.357 e. The smallest absolute Gasteiger partial charge is 0.0586 e. The number of hydrogen-bond donors (Lipinski definition) is 2. The van der Waals surface area contributed by atoms with E-state index in [1.807, 2.05) is 12.4 Å². The predicted molar refractivity (Wildman–Crippen MR) is 104 cm³/mol. The normalized spacial score (nSPS) is 13.4. The van der Waals surface area contributed by atoms with Crippen molar-refractivity contribution >= 4 is 12.4 Å². The zero-order valence-corrected chi connectivity index (χ0v) is 15.8. The highest BCUT2D eigenvalue weighted by molar-refractivity contribution is 5.78. The maximum atomic E-state index is 4.43. The molecule has 2 heterocycles. The van der Waals surface area contributed by atoms with Gasteiger partial charge in [0, 0.05) is 34.6 Å². The number of aromatic nitrogens is 2. The summed E-state index contributed by atoms with van der Waals surface area (Å²) in [5.74, 6) is 0. The molecule has 2 rings (SSSR count). The second-order valence-electron chi connectivity index (χ2n) is 8.23.